The molecule has 0 saturated heterocycles. The van der Waals surface area contributed by atoms with Gasteiger partial charge in [0.05, 0.1) is 5.75 Å². The van der Waals surface area contributed by atoms with Crippen LogP contribution in [-0.2, 0) is 14.8 Å². The Morgan fingerprint density at radius 1 is 1.31 bits per heavy atom. The van der Waals surface area contributed by atoms with Crippen LogP contribution in [0.2, 0.25) is 0 Å². The molecule has 0 aromatic heterocycles. The van der Waals surface area contributed by atoms with Gasteiger partial charge in [-0.15, -0.1) is 11.6 Å². The summed E-state index contributed by atoms with van der Waals surface area (Å²) >= 11 is 5.33. The highest BCUT2D eigenvalue weighted by Gasteiger charge is 2.12. The molecular formula is C9H19ClN2O3S. The third kappa shape index (κ3) is 6.30. The third-order valence-electron chi connectivity index (χ3n) is 2.12. The molecule has 96 valence electrons. The van der Waals surface area contributed by atoms with Crippen LogP contribution >= 0.6 is 11.6 Å². The highest BCUT2D eigenvalue weighted by molar-refractivity contribution is 7.89. The molecule has 0 aromatic carbocycles. The molecule has 0 spiro atoms. The highest BCUT2D eigenvalue weighted by atomic mass is 35.5. The van der Waals surface area contributed by atoms with Crippen LogP contribution in [-0.4, -0.2) is 50.5 Å². The number of nitrogens with one attached hydrogen (secondary N) is 1. The van der Waals surface area contributed by atoms with Crippen molar-refractivity contribution in [1.29, 1.82) is 0 Å². The first-order chi connectivity index (χ1) is 7.46. The molecule has 0 atom stereocenters. The summed E-state index contributed by atoms with van der Waals surface area (Å²) < 4.78 is 24.7. The zero-order valence-corrected chi connectivity index (χ0v) is 11.3. The van der Waals surface area contributed by atoms with E-state index < -0.39 is 10.0 Å². The first kappa shape index (κ1) is 15.7. The first-order valence-corrected chi connectivity index (χ1v) is 7.46. The van der Waals surface area contributed by atoms with Crippen molar-refractivity contribution in [2.45, 2.75) is 20.3 Å². The van der Waals surface area contributed by atoms with Crippen molar-refractivity contribution in [1.82, 2.24) is 9.62 Å². The fourth-order valence-electron chi connectivity index (χ4n) is 1.22. The Balaban J connectivity index is 3.94. The zero-order chi connectivity index (χ0) is 12.6. The second-order valence-corrected chi connectivity index (χ2v) is 5.52. The van der Waals surface area contributed by atoms with Gasteiger partial charge in [-0.05, 0) is 13.8 Å². The summed E-state index contributed by atoms with van der Waals surface area (Å²) in [5.41, 5.74) is 0. The first-order valence-electron chi connectivity index (χ1n) is 5.27. The van der Waals surface area contributed by atoms with E-state index in [1.54, 1.807) is 4.90 Å². The van der Waals surface area contributed by atoms with Gasteiger partial charge in [0, 0.05) is 31.9 Å². The van der Waals surface area contributed by atoms with Crippen molar-refractivity contribution in [2.75, 3.05) is 31.3 Å². The molecule has 0 aliphatic rings. The van der Waals surface area contributed by atoms with Crippen molar-refractivity contribution in [3.63, 3.8) is 0 Å². The SMILES string of the molecule is CCN(CC)C(=O)CCNS(=O)(=O)CCCl. The lowest BCUT2D eigenvalue weighted by atomic mass is 10.3. The van der Waals surface area contributed by atoms with Gasteiger partial charge in [-0.25, -0.2) is 13.1 Å². The van der Waals surface area contributed by atoms with Gasteiger partial charge in [-0.2, -0.15) is 0 Å². The minimum atomic E-state index is -3.32. The van der Waals surface area contributed by atoms with Crippen molar-refractivity contribution in [3.05, 3.63) is 0 Å². The van der Waals surface area contributed by atoms with E-state index in [4.69, 9.17) is 11.6 Å². The van der Waals surface area contributed by atoms with Crippen LogP contribution in [0.4, 0.5) is 0 Å². The molecule has 0 bridgehead atoms. The predicted octanol–water partition coefficient (Wildman–Crippen LogP) is 0.403. The van der Waals surface area contributed by atoms with Crippen LogP contribution in [0.15, 0.2) is 0 Å². The minimum Gasteiger partial charge on any atom is -0.343 e. The average molecular weight is 271 g/mol. The summed E-state index contributed by atoms with van der Waals surface area (Å²) in [4.78, 5) is 13.2. The molecule has 0 rings (SSSR count). The van der Waals surface area contributed by atoms with Gasteiger partial charge in [0.25, 0.3) is 0 Å². The summed E-state index contributed by atoms with van der Waals surface area (Å²) in [5, 5.41) is 0. The number of hydrogen-bond donors (Lipinski definition) is 1. The van der Waals surface area contributed by atoms with E-state index >= 15 is 0 Å². The molecule has 5 nitrogen and oxygen atoms in total. The summed E-state index contributed by atoms with van der Waals surface area (Å²) in [5.74, 6) is -0.105. The van der Waals surface area contributed by atoms with Gasteiger partial charge in [-0.3, -0.25) is 4.79 Å². The summed E-state index contributed by atoms with van der Waals surface area (Å²) in [6.45, 7) is 5.19. The van der Waals surface area contributed by atoms with Gasteiger partial charge in [0.15, 0.2) is 0 Å². The van der Waals surface area contributed by atoms with Gasteiger partial charge in [-0.1, -0.05) is 0 Å². The van der Waals surface area contributed by atoms with Crippen LogP contribution in [0.1, 0.15) is 20.3 Å². The Hall–Kier alpha value is -0.330. The molecule has 0 fully saturated rings. The predicted molar refractivity (Wildman–Crippen MR) is 65.1 cm³/mol. The standard InChI is InChI=1S/C9H19ClN2O3S/c1-3-12(4-2)9(13)5-7-11-16(14,15)8-6-10/h11H,3-8H2,1-2H3. The Kier molecular flexibility index (Phi) is 7.70. The van der Waals surface area contributed by atoms with Crippen molar-refractivity contribution in [2.24, 2.45) is 0 Å². The number of carbonyl (C=O) groups is 1. The van der Waals surface area contributed by atoms with E-state index in [0.717, 1.165) is 0 Å². The maximum atomic E-state index is 11.5. The van der Waals surface area contributed by atoms with Crippen molar-refractivity contribution in [3.8, 4) is 0 Å². The van der Waals surface area contributed by atoms with Crippen LogP contribution in [0.5, 0.6) is 0 Å². The van der Waals surface area contributed by atoms with E-state index in [9.17, 15) is 13.2 Å². The van der Waals surface area contributed by atoms with Crippen molar-refractivity contribution < 1.29 is 13.2 Å². The maximum absolute atomic E-state index is 11.5. The Morgan fingerprint density at radius 2 is 1.88 bits per heavy atom. The molecule has 0 aromatic rings. The minimum absolute atomic E-state index is 0.0430. The molecule has 1 amide bonds. The lowest BCUT2D eigenvalue weighted by molar-refractivity contribution is -0.130. The smallest absolute Gasteiger partial charge is 0.223 e. The van der Waals surface area contributed by atoms with E-state index in [0.29, 0.717) is 13.1 Å². The molecule has 0 aliphatic carbocycles. The molecular weight excluding hydrogens is 252 g/mol. The molecule has 0 saturated carbocycles. The molecule has 0 aliphatic heterocycles. The van der Waals surface area contributed by atoms with Gasteiger partial charge < -0.3 is 4.90 Å². The summed E-state index contributed by atoms with van der Waals surface area (Å²) in [7, 11) is -3.32. The van der Waals surface area contributed by atoms with E-state index in [1.807, 2.05) is 13.8 Å². The number of rotatable bonds is 8. The Morgan fingerprint density at radius 3 is 2.31 bits per heavy atom. The van der Waals surface area contributed by atoms with Crippen molar-refractivity contribution >= 4 is 27.5 Å². The van der Waals surface area contributed by atoms with Crippen LogP contribution in [0.3, 0.4) is 0 Å². The quantitative estimate of drug-likeness (QED) is 0.650. The molecule has 16 heavy (non-hydrogen) atoms. The van der Waals surface area contributed by atoms with Crippen LogP contribution in [0.25, 0.3) is 0 Å². The normalized spacial score (nSPS) is 11.4. The van der Waals surface area contributed by atoms with E-state index in [1.165, 1.54) is 0 Å². The number of amides is 1. The number of nitrogens with zero attached hydrogens (tertiary/aromatic N) is 1. The fraction of sp³-hybridized carbons (Fsp3) is 0.889. The summed E-state index contributed by atoms with van der Waals surface area (Å²) in [6, 6.07) is 0. The topological polar surface area (TPSA) is 66.5 Å². The van der Waals surface area contributed by atoms with Gasteiger partial charge in [0.2, 0.25) is 15.9 Å². The third-order valence-corrected chi connectivity index (χ3v) is 3.92. The second-order valence-electron chi connectivity index (χ2n) is 3.22. The lowest BCUT2D eigenvalue weighted by Crippen LogP contribution is -2.35. The maximum Gasteiger partial charge on any atom is 0.223 e. The largest absolute Gasteiger partial charge is 0.343 e. The number of sulfonamides is 1. The Bertz CT molecular complexity index is 302. The van der Waals surface area contributed by atoms with Crippen LogP contribution < -0.4 is 4.72 Å². The molecule has 0 unspecified atom stereocenters. The number of halogens is 1. The Labute approximate surface area is 102 Å². The zero-order valence-electron chi connectivity index (χ0n) is 9.70. The second kappa shape index (κ2) is 7.86. The molecule has 0 radical (unpaired) electrons. The average Bonchev–Trinajstić information content (AvgIpc) is 2.19. The molecule has 7 heteroatoms. The number of carbonyl (C=O) groups excluding carboxylic acids is 1. The monoisotopic (exact) mass is 270 g/mol. The molecule has 1 N–H and O–H groups in total. The fourth-order valence-corrected chi connectivity index (χ4v) is 2.59. The molecule has 0 heterocycles. The highest BCUT2D eigenvalue weighted by Crippen LogP contribution is 1.94. The lowest BCUT2D eigenvalue weighted by Gasteiger charge is -2.18. The van der Waals surface area contributed by atoms with E-state index in [2.05, 4.69) is 4.72 Å². The van der Waals surface area contributed by atoms with Crippen LogP contribution in [0, 0.1) is 0 Å². The summed E-state index contributed by atoms with van der Waals surface area (Å²) in [6.07, 6.45) is 0.184. The van der Waals surface area contributed by atoms with E-state index in [-0.39, 0.29) is 30.5 Å². The number of hydrogen-bond acceptors (Lipinski definition) is 3. The van der Waals surface area contributed by atoms with Gasteiger partial charge >= 0.3 is 0 Å². The van der Waals surface area contributed by atoms with Gasteiger partial charge in [0.1, 0.15) is 0 Å². The number of alkyl halides is 1.